The van der Waals surface area contributed by atoms with Crippen molar-refractivity contribution in [2.75, 3.05) is 14.2 Å². The number of halogens is 2. The highest BCUT2D eigenvalue weighted by atomic mass is 79.9. The Hall–Kier alpha value is -1.33. The zero-order valence-electron chi connectivity index (χ0n) is 11.8. The quantitative estimate of drug-likeness (QED) is 0.740. The molecule has 110 valence electrons. The monoisotopic (exact) mass is 411 g/mol. The third-order valence-corrected chi connectivity index (χ3v) is 4.29. The van der Waals surface area contributed by atoms with E-state index in [2.05, 4.69) is 31.9 Å². The summed E-state index contributed by atoms with van der Waals surface area (Å²) in [6.45, 7) is 0.475. The molecule has 21 heavy (non-hydrogen) atoms. The molecular formula is C16H15Br2NO2. The lowest BCUT2D eigenvalue weighted by atomic mass is 10.1. The van der Waals surface area contributed by atoms with Gasteiger partial charge in [-0.2, -0.15) is 0 Å². The molecule has 0 bridgehead atoms. The summed E-state index contributed by atoms with van der Waals surface area (Å²) < 4.78 is 7.10. The van der Waals surface area contributed by atoms with Gasteiger partial charge in [0.05, 0.1) is 12.7 Å². The van der Waals surface area contributed by atoms with E-state index in [4.69, 9.17) is 4.74 Å². The molecule has 0 aliphatic heterocycles. The largest absolute Gasteiger partial charge is 0.496 e. The smallest absolute Gasteiger partial charge is 0.255 e. The minimum absolute atomic E-state index is 0.0375. The van der Waals surface area contributed by atoms with Crippen molar-refractivity contribution in [1.82, 2.24) is 4.90 Å². The van der Waals surface area contributed by atoms with E-state index >= 15 is 0 Å². The molecule has 2 aromatic rings. The minimum Gasteiger partial charge on any atom is -0.496 e. The van der Waals surface area contributed by atoms with Gasteiger partial charge in [0.25, 0.3) is 5.91 Å². The Balaban J connectivity index is 2.22. The number of carbonyl (C=O) groups is 1. The molecule has 2 aromatic carbocycles. The van der Waals surface area contributed by atoms with Crippen LogP contribution in [0.1, 0.15) is 15.9 Å². The first kappa shape index (κ1) is 16.0. The number of hydrogen-bond acceptors (Lipinski definition) is 2. The normalized spacial score (nSPS) is 10.3. The van der Waals surface area contributed by atoms with E-state index in [1.807, 2.05) is 36.4 Å². The molecule has 0 aliphatic rings. The van der Waals surface area contributed by atoms with Crippen molar-refractivity contribution in [2.24, 2.45) is 0 Å². The van der Waals surface area contributed by atoms with Gasteiger partial charge in [0.15, 0.2) is 0 Å². The first-order chi connectivity index (χ1) is 10.0. The van der Waals surface area contributed by atoms with Gasteiger partial charge < -0.3 is 9.64 Å². The van der Waals surface area contributed by atoms with Gasteiger partial charge in [0.2, 0.25) is 0 Å². The zero-order chi connectivity index (χ0) is 15.4. The minimum atomic E-state index is -0.0375. The molecule has 0 aliphatic carbocycles. The molecule has 0 unspecified atom stereocenters. The van der Waals surface area contributed by atoms with E-state index in [-0.39, 0.29) is 5.91 Å². The SMILES string of the molecule is COc1ccc(Br)cc1CN(C)C(=O)c1ccccc1Br. The maximum Gasteiger partial charge on any atom is 0.255 e. The van der Waals surface area contributed by atoms with Gasteiger partial charge in [-0.05, 0) is 46.3 Å². The van der Waals surface area contributed by atoms with Gasteiger partial charge in [0.1, 0.15) is 5.75 Å². The molecular weight excluding hydrogens is 398 g/mol. The van der Waals surface area contributed by atoms with E-state index in [9.17, 15) is 4.79 Å². The standard InChI is InChI=1S/C16H15Br2NO2/c1-19(16(20)13-5-3-4-6-14(13)18)10-11-9-12(17)7-8-15(11)21-2/h3-9H,10H2,1-2H3. The Labute approximate surface area is 141 Å². The van der Waals surface area contributed by atoms with E-state index in [0.717, 1.165) is 20.3 Å². The van der Waals surface area contributed by atoms with Gasteiger partial charge in [-0.15, -0.1) is 0 Å². The predicted octanol–water partition coefficient (Wildman–Crippen LogP) is 4.49. The second-order valence-corrected chi connectivity index (χ2v) is 6.37. The van der Waals surface area contributed by atoms with Crippen molar-refractivity contribution in [3.05, 3.63) is 62.5 Å². The topological polar surface area (TPSA) is 29.5 Å². The van der Waals surface area contributed by atoms with Crippen LogP contribution in [0.25, 0.3) is 0 Å². The number of nitrogens with zero attached hydrogens (tertiary/aromatic N) is 1. The molecule has 0 saturated carbocycles. The highest BCUT2D eigenvalue weighted by Crippen LogP contribution is 2.25. The number of carbonyl (C=O) groups excluding carboxylic acids is 1. The van der Waals surface area contributed by atoms with Crippen molar-refractivity contribution in [3.63, 3.8) is 0 Å². The fourth-order valence-corrected chi connectivity index (χ4v) is 2.90. The number of methoxy groups -OCH3 is 1. The Morgan fingerprint density at radius 3 is 2.57 bits per heavy atom. The van der Waals surface area contributed by atoms with Gasteiger partial charge in [0, 0.05) is 28.1 Å². The molecule has 0 radical (unpaired) electrons. The summed E-state index contributed by atoms with van der Waals surface area (Å²) in [4.78, 5) is 14.2. The number of amides is 1. The van der Waals surface area contributed by atoms with E-state index < -0.39 is 0 Å². The second kappa shape index (κ2) is 7.09. The highest BCUT2D eigenvalue weighted by molar-refractivity contribution is 9.10. The van der Waals surface area contributed by atoms with E-state index in [1.165, 1.54) is 0 Å². The molecule has 0 fully saturated rings. The predicted molar refractivity (Wildman–Crippen MR) is 90.6 cm³/mol. The summed E-state index contributed by atoms with van der Waals surface area (Å²) in [7, 11) is 3.41. The lowest BCUT2D eigenvalue weighted by Crippen LogP contribution is -2.26. The third-order valence-electron chi connectivity index (χ3n) is 3.10. The van der Waals surface area contributed by atoms with E-state index in [0.29, 0.717) is 12.1 Å². The maximum absolute atomic E-state index is 12.5. The fraction of sp³-hybridized carbons (Fsp3) is 0.188. The molecule has 0 aromatic heterocycles. The van der Waals surface area contributed by atoms with Crippen molar-refractivity contribution in [1.29, 1.82) is 0 Å². The van der Waals surface area contributed by atoms with Crippen LogP contribution < -0.4 is 4.74 Å². The Morgan fingerprint density at radius 2 is 1.90 bits per heavy atom. The van der Waals surface area contributed by atoms with E-state index in [1.54, 1.807) is 25.1 Å². The third kappa shape index (κ3) is 3.86. The van der Waals surface area contributed by atoms with Gasteiger partial charge >= 0.3 is 0 Å². The van der Waals surface area contributed by atoms with Crippen LogP contribution in [0.4, 0.5) is 0 Å². The first-order valence-electron chi connectivity index (χ1n) is 6.35. The maximum atomic E-state index is 12.5. The van der Waals surface area contributed by atoms with Crippen LogP contribution in [0, 0.1) is 0 Å². The van der Waals surface area contributed by atoms with Crippen LogP contribution in [-0.2, 0) is 6.54 Å². The summed E-state index contributed by atoms with van der Waals surface area (Å²) in [6.07, 6.45) is 0. The molecule has 1 amide bonds. The van der Waals surface area contributed by atoms with Crippen molar-refractivity contribution >= 4 is 37.8 Å². The summed E-state index contributed by atoms with van der Waals surface area (Å²) in [5, 5.41) is 0. The van der Waals surface area contributed by atoms with Crippen molar-refractivity contribution in [3.8, 4) is 5.75 Å². The van der Waals surface area contributed by atoms with Crippen molar-refractivity contribution < 1.29 is 9.53 Å². The zero-order valence-corrected chi connectivity index (χ0v) is 14.9. The Kier molecular flexibility index (Phi) is 5.42. The average Bonchev–Trinajstić information content (AvgIpc) is 2.47. The average molecular weight is 413 g/mol. The fourth-order valence-electron chi connectivity index (χ4n) is 2.04. The lowest BCUT2D eigenvalue weighted by Gasteiger charge is -2.19. The summed E-state index contributed by atoms with van der Waals surface area (Å²) in [5.41, 5.74) is 1.60. The van der Waals surface area contributed by atoms with Crippen LogP contribution in [0.3, 0.4) is 0 Å². The molecule has 0 spiro atoms. The molecule has 3 nitrogen and oxygen atoms in total. The number of ether oxygens (including phenoxy) is 1. The molecule has 0 saturated heterocycles. The lowest BCUT2D eigenvalue weighted by molar-refractivity contribution is 0.0783. The van der Waals surface area contributed by atoms with Crippen LogP contribution >= 0.6 is 31.9 Å². The van der Waals surface area contributed by atoms with Gasteiger partial charge in [-0.1, -0.05) is 28.1 Å². The molecule has 0 atom stereocenters. The summed E-state index contributed by atoms with van der Waals surface area (Å²) >= 11 is 6.85. The van der Waals surface area contributed by atoms with Crippen molar-refractivity contribution in [2.45, 2.75) is 6.54 Å². The number of rotatable bonds is 4. The van der Waals surface area contributed by atoms with Crippen LogP contribution in [-0.4, -0.2) is 25.0 Å². The Morgan fingerprint density at radius 1 is 1.19 bits per heavy atom. The summed E-state index contributed by atoms with van der Waals surface area (Å²) in [5.74, 6) is 0.731. The van der Waals surface area contributed by atoms with Crippen LogP contribution in [0.2, 0.25) is 0 Å². The number of hydrogen-bond donors (Lipinski definition) is 0. The second-order valence-electron chi connectivity index (χ2n) is 4.60. The van der Waals surface area contributed by atoms with Gasteiger partial charge in [-0.25, -0.2) is 0 Å². The van der Waals surface area contributed by atoms with Crippen LogP contribution in [0.5, 0.6) is 5.75 Å². The molecule has 0 N–H and O–H groups in total. The Bertz CT molecular complexity index is 658. The van der Waals surface area contributed by atoms with Gasteiger partial charge in [-0.3, -0.25) is 4.79 Å². The molecule has 5 heteroatoms. The molecule has 2 rings (SSSR count). The summed E-state index contributed by atoms with van der Waals surface area (Å²) in [6, 6.07) is 13.2. The molecule has 0 heterocycles. The first-order valence-corrected chi connectivity index (χ1v) is 7.94. The van der Waals surface area contributed by atoms with Crippen LogP contribution in [0.15, 0.2) is 51.4 Å². The highest BCUT2D eigenvalue weighted by Gasteiger charge is 2.16. The number of benzene rings is 2.